The van der Waals surface area contributed by atoms with Gasteiger partial charge >= 0.3 is 6.18 Å². The topological polar surface area (TPSA) is 45.9 Å². The van der Waals surface area contributed by atoms with Crippen molar-refractivity contribution in [3.05, 3.63) is 83.6 Å². The van der Waals surface area contributed by atoms with E-state index in [1.54, 1.807) is 12.1 Å². The lowest BCUT2D eigenvalue weighted by Crippen LogP contribution is -2.05. The zero-order valence-electron chi connectivity index (χ0n) is 13.5. The van der Waals surface area contributed by atoms with Crippen LogP contribution in [0.25, 0.3) is 11.1 Å². The lowest BCUT2D eigenvalue weighted by Gasteiger charge is -2.11. The first-order chi connectivity index (χ1) is 12.5. The smallest absolute Gasteiger partial charge is 0.416 e. The highest BCUT2D eigenvalue weighted by Gasteiger charge is 2.31. The Bertz CT molecular complexity index is 930. The fourth-order valence-electron chi connectivity index (χ4n) is 2.41. The fourth-order valence-corrected chi connectivity index (χ4v) is 2.41. The van der Waals surface area contributed by atoms with E-state index in [0.717, 1.165) is 23.8 Å². The highest BCUT2D eigenvalue weighted by molar-refractivity contribution is 5.71. The predicted octanol–water partition coefficient (Wildman–Crippen LogP) is 5.22. The second-order valence-electron chi connectivity index (χ2n) is 5.53. The number of pyridine rings is 1. The number of hydrogen-bond acceptors (Lipinski definition) is 3. The maximum absolute atomic E-state index is 12.9. The highest BCUT2D eigenvalue weighted by Crippen LogP contribution is 2.34. The Kier molecular flexibility index (Phi) is 4.90. The maximum Gasteiger partial charge on any atom is 0.416 e. The summed E-state index contributed by atoms with van der Waals surface area (Å²) in [5, 5.41) is 9.16. The van der Waals surface area contributed by atoms with Crippen LogP contribution in [-0.4, -0.2) is 4.98 Å². The molecule has 3 rings (SSSR count). The van der Waals surface area contributed by atoms with Crippen molar-refractivity contribution in [3.63, 3.8) is 0 Å². The van der Waals surface area contributed by atoms with Crippen LogP contribution in [0.5, 0.6) is 5.88 Å². The minimum absolute atomic E-state index is 0.151. The maximum atomic E-state index is 12.9. The van der Waals surface area contributed by atoms with Crippen molar-refractivity contribution in [2.45, 2.75) is 12.8 Å². The van der Waals surface area contributed by atoms with Crippen LogP contribution in [0.4, 0.5) is 13.2 Å². The number of aromatic nitrogens is 1. The SMILES string of the molecule is N#Cc1ccc(C(F)(F)F)cc1-c1ccc(OCc2ccccc2)nc1. The number of rotatable bonds is 4. The van der Waals surface area contributed by atoms with Gasteiger partial charge in [0.05, 0.1) is 17.2 Å². The van der Waals surface area contributed by atoms with Gasteiger partial charge in [-0.25, -0.2) is 4.98 Å². The Labute approximate surface area is 148 Å². The van der Waals surface area contributed by atoms with E-state index in [1.807, 2.05) is 36.4 Å². The molecule has 0 amide bonds. The van der Waals surface area contributed by atoms with E-state index in [-0.39, 0.29) is 11.1 Å². The molecular weight excluding hydrogens is 341 g/mol. The molecule has 1 heterocycles. The molecule has 26 heavy (non-hydrogen) atoms. The average molecular weight is 354 g/mol. The number of nitrogens with zero attached hydrogens (tertiary/aromatic N) is 2. The Morgan fingerprint density at radius 1 is 1.00 bits per heavy atom. The van der Waals surface area contributed by atoms with E-state index in [4.69, 9.17) is 10.00 Å². The van der Waals surface area contributed by atoms with Gasteiger partial charge in [-0.3, -0.25) is 0 Å². The molecule has 2 aromatic carbocycles. The molecule has 0 aliphatic heterocycles. The summed E-state index contributed by atoms with van der Waals surface area (Å²) in [6, 6.07) is 17.6. The summed E-state index contributed by atoms with van der Waals surface area (Å²) < 4.78 is 44.3. The Balaban J connectivity index is 1.83. The number of hydrogen-bond donors (Lipinski definition) is 0. The molecule has 0 aliphatic carbocycles. The average Bonchev–Trinajstić information content (AvgIpc) is 2.66. The molecular formula is C20H13F3N2O. The van der Waals surface area contributed by atoms with E-state index in [1.165, 1.54) is 6.20 Å². The zero-order chi connectivity index (χ0) is 18.6. The molecule has 0 N–H and O–H groups in total. The molecule has 3 nitrogen and oxygen atoms in total. The third kappa shape index (κ3) is 4.01. The Morgan fingerprint density at radius 2 is 1.77 bits per heavy atom. The molecule has 0 saturated carbocycles. The molecule has 0 aliphatic rings. The zero-order valence-corrected chi connectivity index (χ0v) is 13.5. The normalized spacial score (nSPS) is 11.0. The molecule has 0 spiro atoms. The van der Waals surface area contributed by atoms with Crippen molar-refractivity contribution in [2.24, 2.45) is 0 Å². The van der Waals surface area contributed by atoms with Gasteiger partial charge in [-0.1, -0.05) is 30.3 Å². The number of halogens is 3. The fraction of sp³-hybridized carbons (Fsp3) is 0.100. The van der Waals surface area contributed by atoms with Crippen molar-refractivity contribution in [1.82, 2.24) is 4.98 Å². The minimum atomic E-state index is -4.48. The monoisotopic (exact) mass is 354 g/mol. The number of nitriles is 1. The van der Waals surface area contributed by atoms with Crippen LogP contribution < -0.4 is 4.74 Å². The van der Waals surface area contributed by atoms with Gasteiger partial charge in [0.2, 0.25) is 5.88 Å². The summed E-state index contributed by atoms with van der Waals surface area (Å²) in [6.45, 7) is 0.334. The van der Waals surface area contributed by atoms with Gasteiger partial charge in [0.15, 0.2) is 0 Å². The molecule has 3 aromatic rings. The minimum Gasteiger partial charge on any atom is -0.473 e. The third-order valence-corrected chi connectivity index (χ3v) is 3.74. The van der Waals surface area contributed by atoms with Crippen LogP contribution in [0.2, 0.25) is 0 Å². The van der Waals surface area contributed by atoms with Crippen LogP contribution in [0, 0.1) is 11.3 Å². The van der Waals surface area contributed by atoms with Crippen molar-refractivity contribution in [2.75, 3.05) is 0 Å². The molecule has 6 heteroatoms. The second kappa shape index (κ2) is 7.28. The van der Waals surface area contributed by atoms with Gasteiger partial charge in [0.1, 0.15) is 6.61 Å². The van der Waals surface area contributed by atoms with Crippen molar-refractivity contribution in [1.29, 1.82) is 5.26 Å². The van der Waals surface area contributed by atoms with Crippen LogP contribution in [-0.2, 0) is 12.8 Å². The molecule has 0 atom stereocenters. The van der Waals surface area contributed by atoms with Gasteiger partial charge in [-0.2, -0.15) is 18.4 Å². The lowest BCUT2D eigenvalue weighted by atomic mass is 9.99. The van der Waals surface area contributed by atoms with Gasteiger partial charge in [-0.05, 0) is 29.8 Å². The summed E-state index contributed by atoms with van der Waals surface area (Å²) in [7, 11) is 0. The number of alkyl halides is 3. The summed E-state index contributed by atoms with van der Waals surface area (Å²) >= 11 is 0. The number of benzene rings is 2. The summed E-state index contributed by atoms with van der Waals surface area (Å²) in [4.78, 5) is 4.12. The largest absolute Gasteiger partial charge is 0.473 e. The standard InChI is InChI=1S/C20H13F3N2O/c21-20(22,23)17-8-6-15(11-24)18(10-17)16-7-9-19(25-12-16)26-13-14-4-2-1-3-5-14/h1-10,12H,13H2. The van der Waals surface area contributed by atoms with E-state index in [2.05, 4.69) is 4.98 Å². The number of ether oxygens (including phenoxy) is 1. The first kappa shape index (κ1) is 17.5. The Hall–Kier alpha value is -3.33. The van der Waals surface area contributed by atoms with E-state index in [9.17, 15) is 13.2 Å². The van der Waals surface area contributed by atoms with Crippen molar-refractivity contribution >= 4 is 0 Å². The lowest BCUT2D eigenvalue weighted by molar-refractivity contribution is -0.137. The van der Waals surface area contributed by atoms with Crippen LogP contribution in [0.1, 0.15) is 16.7 Å². The molecule has 0 saturated heterocycles. The van der Waals surface area contributed by atoms with E-state index >= 15 is 0 Å². The Morgan fingerprint density at radius 3 is 2.38 bits per heavy atom. The van der Waals surface area contributed by atoms with Gasteiger partial charge in [-0.15, -0.1) is 0 Å². The van der Waals surface area contributed by atoms with Gasteiger partial charge in [0.25, 0.3) is 0 Å². The van der Waals surface area contributed by atoms with Crippen molar-refractivity contribution < 1.29 is 17.9 Å². The third-order valence-electron chi connectivity index (χ3n) is 3.74. The van der Waals surface area contributed by atoms with Gasteiger partial charge in [0, 0.05) is 23.4 Å². The van der Waals surface area contributed by atoms with Crippen LogP contribution >= 0.6 is 0 Å². The second-order valence-corrected chi connectivity index (χ2v) is 5.53. The molecule has 0 bridgehead atoms. The molecule has 0 fully saturated rings. The summed E-state index contributed by atoms with van der Waals surface area (Å²) in [5.74, 6) is 0.350. The van der Waals surface area contributed by atoms with Crippen LogP contribution in [0.15, 0.2) is 66.9 Å². The van der Waals surface area contributed by atoms with E-state index < -0.39 is 11.7 Å². The van der Waals surface area contributed by atoms with Crippen LogP contribution in [0.3, 0.4) is 0 Å². The summed E-state index contributed by atoms with van der Waals surface area (Å²) in [6.07, 6.45) is -3.08. The first-order valence-electron chi connectivity index (χ1n) is 7.72. The first-order valence-corrected chi connectivity index (χ1v) is 7.72. The molecule has 0 unspecified atom stereocenters. The quantitative estimate of drug-likeness (QED) is 0.645. The highest BCUT2D eigenvalue weighted by atomic mass is 19.4. The van der Waals surface area contributed by atoms with Crippen molar-refractivity contribution in [3.8, 4) is 23.1 Å². The van der Waals surface area contributed by atoms with Gasteiger partial charge < -0.3 is 4.74 Å². The summed E-state index contributed by atoms with van der Waals surface area (Å²) in [5.41, 5.74) is 0.917. The van der Waals surface area contributed by atoms with E-state index in [0.29, 0.717) is 18.1 Å². The predicted molar refractivity (Wildman–Crippen MR) is 90.2 cm³/mol. The molecule has 0 radical (unpaired) electrons. The molecule has 130 valence electrons. The molecule has 1 aromatic heterocycles.